The lowest BCUT2D eigenvalue weighted by Gasteiger charge is -2.30. The van der Waals surface area contributed by atoms with Crippen LogP contribution in [0.5, 0.6) is 5.75 Å². The van der Waals surface area contributed by atoms with Gasteiger partial charge in [-0.25, -0.2) is 0 Å². The molecule has 5 nitrogen and oxygen atoms in total. The maximum Gasteiger partial charge on any atom is 0.154 e. The lowest BCUT2D eigenvalue weighted by atomic mass is 10.1. The quantitative estimate of drug-likeness (QED) is 0.844. The van der Waals surface area contributed by atoms with E-state index in [2.05, 4.69) is 0 Å². The Kier molecular flexibility index (Phi) is 3.71. The lowest BCUT2D eigenvalue weighted by Crippen LogP contribution is -2.38. The third-order valence-corrected chi connectivity index (χ3v) is 4.64. The minimum absolute atomic E-state index is 0.0299. The third kappa shape index (κ3) is 2.31. The number of nitrogens with zero attached hydrogens (tertiary/aromatic N) is 1. The number of morpholine rings is 1. The number of fused-ring (bicyclic) bond motifs is 1. The molecule has 0 amide bonds. The van der Waals surface area contributed by atoms with Crippen LogP contribution in [0.4, 0.5) is 0 Å². The van der Waals surface area contributed by atoms with Crippen LogP contribution in [-0.4, -0.2) is 47.7 Å². The van der Waals surface area contributed by atoms with Gasteiger partial charge in [-0.1, -0.05) is 0 Å². The van der Waals surface area contributed by atoms with Crippen LogP contribution >= 0.6 is 11.3 Å². The van der Waals surface area contributed by atoms with Gasteiger partial charge in [0, 0.05) is 28.1 Å². The van der Waals surface area contributed by atoms with Crippen LogP contribution < -0.4 is 0 Å². The monoisotopic (exact) mass is 293 g/mol. The SMILES string of the molecule is O=Cc1c(O)ccc2sc([C@@H](O)N3CCOCC3)cc12. The van der Waals surface area contributed by atoms with Crippen molar-refractivity contribution in [1.29, 1.82) is 0 Å². The minimum atomic E-state index is -0.696. The van der Waals surface area contributed by atoms with Crippen LogP contribution in [0.1, 0.15) is 21.5 Å². The van der Waals surface area contributed by atoms with Gasteiger partial charge in [0.2, 0.25) is 0 Å². The van der Waals surface area contributed by atoms with Crippen molar-refractivity contribution in [3.05, 3.63) is 28.6 Å². The van der Waals surface area contributed by atoms with Crippen molar-refractivity contribution >= 4 is 27.7 Å². The first-order chi connectivity index (χ1) is 9.70. The summed E-state index contributed by atoms with van der Waals surface area (Å²) >= 11 is 1.43. The molecule has 1 atom stereocenters. The molecule has 3 rings (SSSR count). The molecule has 1 aliphatic heterocycles. The molecule has 1 aromatic carbocycles. The molecule has 6 heteroatoms. The van der Waals surface area contributed by atoms with E-state index in [1.54, 1.807) is 12.1 Å². The summed E-state index contributed by atoms with van der Waals surface area (Å²) in [6.45, 7) is 2.59. The van der Waals surface area contributed by atoms with Crippen molar-refractivity contribution < 1.29 is 19.7 Å². The van der Waals surface area contributed by atoms with Gasteiger partial charge in [-0.2, -0.15) is 0 Å². The molecule has 20 heavy (non-hydrogen) atoms. The molecular formula is C14H15NO4S. The van der Waals surface area contributed by atoms with Gasteiger partial charge in [0.1, 0.15) is 12.0 Å². The third-order valence-electron chi connectivity index (χ3n) is 3.50. The first-order valence-electron chi connectivity index (χ1n) is 6.41. The molecule has 0 aliphatic carbocycles. The maximum absolute atomic E-state index is 11.1. The van der Waals surface area contributed by atoms with E-state index in [9.17, 15) is 15.0 Å². The number of hydrogen-bond donors (Lipinski definition) is 2. The summed E-state index contributed by atoms with van der Waals surface area (Å²) in [4.78, 5) is 13.8. The van der Waals surface area contributed by atoms with Crippen molar-refractivity contribution in [2.24, 2.45) is 0 Å². The minimum Gasteiger partial charge on any atom is -0.507 e. The Labute approximate surface area is 120 Å². The molecule has 1 fully saturated rings. The van der Waals surface area contributed by atoms with Gasteiger partial charge >= 0.3 is 0 Å². The Balaban J connectivity index is 1.98. The lowest BCUT2D eigenvalue weighted by molar-refractivity contribution is -0.0586. The number of benzene rings is 1. The molecule has 0 bridgehead atoms. The van der Waals surface area contributed by atoms with E-state index in [4.69, 9.17) is 4.74 Å². The number of rotatable bonds is 3. The van der Waals surface area contributed by atoms with Crippen LogP contribution in [-0.2, 0) is 4.74 Å². The summed E-state index contributed by atoms with van der Waals surface area (Å²) in [7, 11) is 0. The predicted octanol–water partition coefficient (Wildman–Crippen LogP) is 1.74. The molecule has 0 radical (unpaired) electrons. The van der Waals surface area contributed by atoms with E-state index in [1.807, 2.05) is 4.90 Å². The Morgan fingerprint density at radius 2 is 2.10 bits per heavy atom. The second-order valence-electron chi connectivity index (χ2n) is 4.70. The smallest absolute Gasteiger partial charge is 0.154 e. The van der Waals surface area contributed by atoms with E-state index in [0.29, 0.717) is 38.0 Å². The van der Waals surface area contributed by atoms with Gasteiger partial charge in [-0.3, -0.25) is 9.69 Å². The second-order valence-corrected chi connectivity index (χ2v) is 5.81. The fraction of sp³-hybridized carbons (Fsp3) is 0.357. The number of carbonyl (C=O) groups excluding carboxylic acids is 1. The van der Waals surface area contributed by atoms with E-state index in [0.717, 1.165) is 9.58 Å². The van der Waals surface area contributed by atoms with Crippen LogP contribution in [0.25, 0.3) is 10.1 Å². The van der Waals surface area contributed by atoms with Crippen molar-refractivity contribution in [2.45, 2.75) is 6.23 Å². The van der Waals surface area contributed by atoms with Crippen LogP contribution in [0.2, 0.25) is 0 Å². The molecule has 0 unspecified atom stereocenters. The number of aliphatic hydroxyl groups excluding tert-OH is 1. The van der Waals surface area contributed by atoms with Crippen molar-refractivity contribution in [3.63, 3.8) is 0 Å². The summed E-state index contributed by atoms with van der Waals surface area (Å²) in [6.07, 6.45) is -0.0483. The van der Waals surface area contributed by atoms with Gasteiger partial charge in [0.15, 0.2) is 6.29 Å². The molecular weight excluding hydrogens is 278 g/mol. The maximum atomic E-state index is 11.1. The molecule has 106 valence electrons. The summed E-state index contributed by atoms with van der Waals surface area (Å²) in [6, 6.07) is 5.05. The van der Waals surface area contributed by atoms with E-state index < -0.39 is 6.23 Å². The van der Waals surface area contributed by atoms with Gasteiger partial charge in [-0.05, 0) is 18.2 Å². The Morgan fingerprint density at radius 1 is 1.35 bits per heavy atom. The molecule has 2 N–H and O–H groups in total. The summed E-state index contributed by atoms with van der Waals surface area (Å²) < 4.78 is 6.15. The molecule has 0 saturated carbocycles. The first kappa shape index (κ1) is 13.5. The predicted molar refractivity (Wildman–Crippen MR) is 76.2 cm³/mol. The van der Waals surface area contributed by atoms with Gasteiger partial charge in [0.05, 0.1) is 18.8 Å². The van der Waals surface area contributed by atoms with Crippen molar-refractivity contribution in [3.8, 4) is 5.75 Å². The highest BCUT2D eigenvalue weighted by molar-refractivity contribution is 7.19. The van der Waals surface area contributed by atoms with E-state index in [1.165, 1.54) is 17.4 Å². The van der Waals surface area contributed by atoms with Gasteiger partial charge in [-0.15, -0.1) is 11.3 Å². The largest absolute Gasteiger partial charge is 0.507 e. The summed E-state index contributed by atoms with van der Waals surface area (Å²) in [5, 5.41) is 20.8. The fourth-order valence-corrected chi connectivity index (χ4v) is 3.49. The van der Waals surface area contributed by atoms with Gasteiger partial charge in [0.25, 0.3) is 0 Å². The topological polar surface area (TPSA) is 70.0 Å². The Morgan fingerprint density at radius 3 is 2.80 bits per heavy atom. The summed E-state index contributed by atoms with van der Waals surface area (Å²) in [5.41, 5.74) is 0.277. The number of phenolic OH excluding ortho intramolecular Hbond substituents is 1. The Hall–Kier alpha value is -1.47. The number of ether oxygens (including phenoxy) is 1. The standard InChI is InChI=1S/C14H15NO4S/c16-8-10-9-7-13(20-12(9)2-1-11(10)17)14(18)15-3-5-19-6-4-15/h1-2,7-8,14,17-18H,3-6H2/t14-/m1/s1. The number of hydrogen-bond acceptors (Lipinski definition) is 6. The molecule has 1 aromatic heterocycles. The van der Waals surface area contributed by atoms with Crippen LogP contribution in [0.3, 0.4) is 0 Å². The normalized spacial score (nSPS) is 18.2. The van der Waals surface area contributed by atoms with Crippen LogP contribution in [0.15, 0.2) is 18.2 Å². The first-order valence-corrected chi connectivity index (χ1v) is 7.23. The highest BCUT2D eigenvalue weighted by Gasteiger charge is 2.22. The average molecular weight is 293 g/mol. The number of carbonyl (C=O) groups is 1. The zero-order valence-electron chi connectivity index (χ0n) is 10.8. The zero-order valence-corrected chi connectivity index (χ0v) is 11.6. The van der Waals surface area contributed by atoms with E-state index in [-0.39, 0.29) is 11.3 Å². The van der Waals surface area contributed by atoms with Crippen molar-refractivity contribution in [1.82, 2.24) is 4.90 Å². The van der Waals surface area contributed by atoms with Crippen LogP contribution in [0, 0.1) is 0 Å². The fourth-order valence-electron chi connectivity index (χ4n) is 2.39. The molecule has 1 saturated heterocycles. The highest BCUT2D eigenvalue weighted by atomic mass is 32.1. The molecule has 1 aliphatic rings. The number of aliphatic hydroxyl groups is 1. The number of phenols is 1. The number of aldehydes is 1. The molecule has 2 heterocycles. The number of thiophene rings is 1. The van der Waals surface area contributed by atoms with Gasteiger partial charge < -0.3 is 14.9 Å². The zero-order chi connectivity index (χ0) is 14.1. The summed E-state index contributed by atoms with van der Waals surface area (Å²) in [5.74, 6) is -0.0299. The average Bonchev–Trinajstić information content (AvgIpc) is 2.91. The van der Waals surface area contributed by atoms with E-state index >= 15 is 0 Å². The Bertz CT molecular complexity index is 633. The molecule has 2 aromatic rings. The second kappa shape index (κ2) is 5.49. The van der Waals surface area contributed by atoms with Crippen molar-refractivity contribution in [2.75, 3.05) is 26.3 Å². The molecule has 0 spiro atoms. The highest BCUT2D eigenvalue weighted by Crippen LogP contribution is 2.36. The number of aromatic hydroxyl groups is 1.